The fraction of sp³-hybridized carbons (Fsp3) is 0.417. The molecule has 0 unspecified atom stereocenters. The molecule has 0 fully saturated rings. The number of carbonyl (C=O) groups is 1. The van der Waals surface area contributed by atoms with Crippen molar-refractivity contribution in [3.8, 4) is 0 Å². The molecule has 94 valence electrons. The number of hydrogen-bond donors (Lipinski definition) is 1. The summed E-state index contributed by atoms with van der Waals surface area (Å²) < 4.78 is 4.94. The molecule has 0 aliphatic heterocycles. The molecular weight excluding hydrogens is 258 g/mol. The van der Waals surface area contributed by atoms with Crippen molar-refractivity contribution in [2.75, 3.05) is 19.5 Å². The smallest absolute Gasteiger partial charge is 0.230 e. The fourth-order valence-electron chi connectivity index (χ4n) is 1.29. The maximum atomic E-state index is 11.6. The molecule has 1 aromatic rings. The molecule has 1 N–H and O–H groups in total. The third kappa shape index (κ3) is 5.96. The summed E-state index contributed by atoms with van der Waals surface area (Å²) in [5, 5.41) is 3.55. The van der Waals surface area contributed by atoms with Crippen molar-refractivity contribution in [2.24, 2.45) is 0 Å². The Hall–Kier alpha value is -0.710. The number of halogens is 1. The van der Waals surface area contributed by atoms with Crippen LogP contribution in [0, 0.1) is 0 Å². The fourth-order valence-corrected chi connectivity index (χ4v) is 2.12. The van der Waals surface area contributed by atoms with Crippen molar-refractivity contribution < 1.29 is 9.53 Å². The molecule has 1 aromatic carbocycles. The van der Waals surface area contributed by atoms with E-state index < -0.39 is 0 Å². The van der Waals surface area contributed by atoms with Gasteiger partial charge < -0.3 is 10.1 Å². The van der Waals surface area contributed by atoms with Gasteiger partial charge in [-0.1, -0.05) is 11.6 Å². The van der Waals surface area contributed by atoms with Crippen molar-refractivity contribution >= 4 is 29.3 Å². The molecule has 3 nitrogen and oxygen atoms in total. The van der Waals surface area contributed by atoms with Crippen LogP contribution in [0.1, 0.15) is 6.92 Å². The monoisotopic (exact) mass is 273 g/mol. The van der Waals surface area contributed by atoms with Gasteiger partial charge in [-0.3, -0.25) is 4.79 Å². The molecular formula is C12H16ClNO2S. The number of thioether (sulfide) groups is 1. The van der Waals surface area contributed by atoms with Crippen molar-refractivity contribution in [3.63, 3.8) is 0 Å². The first-order chi connectivity index (χ1) is 8.11. The Balaban J connectivity index is 2.30. The predicted molar refractivity (Wildman–Crippen MR) is 71.7 cm³/mol. The summed E-state index contributed by atoms with van der Waals surface area (Å²) in [6, 6.07) is 7.47. The van der Waals surface area contributed by atoms with Crippen LogP contribution < -0.4 is 5.32 Å². The van der Waals surface area contributed by atoms with Crippen LogP contribution in [-0.4, -0.2) is 31.4 Å². The summed E-state index contributed by atoms with van der Waals surface area (Å²) in [4.78, 5) is 12.6. The number of hydrogen-bond acceptors (Lipinski definition) is 3. The van der Waals surface area contributed by atoms with Crippen molar-refractivity contribution in [1.82, 2.24) is 5.32 Å². The van der Waals surface area contributed by atoms with E-state index in [9.17, 15) is 4.79 Å². The summed E-state index contributed by atoms with van der Waals surface area (Å²) in [7, 11) is 1.62. The highest BCUT2D eigenvalue weighted by Crippen LogP contribution is 2.19. The van der Waals surface area contributed by atoms with Crippen LogP contribution in [0.2, 0.25) is 5.02 Å². The zero-order chi connectivity index (χ0) is 12.7. The van der Waals surface area contributed by atoms with Crippen LogP contribution in [0.15, 0.2) is 29.2 Å². The van der Waals surface area contributed by atoms with Gasteiger partial charge in [0.25, 0.3) is 0 Å². The molecule has 17 heavy (non-hydrogen) atoms. The van der Waals surface area contributed by atoms with E-state index in [1.54, 1.807) is 7.11 Å². The number of amides is 1. The Morgan fingerprint density at radius 3 is 2.71 bits per heavy atom. The van der Waals surface area contributed by atoms with Crippen LogP contribution in [0.4, 0.5) is 0 Å². The van der Waals surface area contributed by atoms with Crippen LogP contribution in [0.25, 0.3) is 0 Å². The van der Waals surface area contributed by atoms with Crippen LogP contribution in [-0.2, 0) is 9.53 Å². The van der Waals surface area contributed by atoms with Crippen molar-refractivity contribution in [1.29, 1.82) is 0 Å². The van der Waals surface area contributed by atoms with Gasteiger partial charge in [0.05, 0.1) is 12.4 Å². The van der Waals surface area contributed by atoms with Crippen LogP contribution >= 0.6 is 23.4 Å². The quantitative estimate of drug-likeness (QED) is 0.810. The molecule has 1 amide bonds. The Kier molecular flexibility index (Phi) is 6.40. The van der Waals surface area contributed by atoms with Gasteiger partial charge in [0.1, 0.15) is 0 Å². The van der Waals surface area contributed by atoms with Gasteiger partial charge in [-0.15, -0.1) is 11.8 Å². The third-order valence-corrected chi connectivity index (χ3v) is 3.27. The zero-order valence-electron chi connectivity index (χ0n) is 9.90. The maximum absolute atomic E-state index is 11.6. The van der Waals surface area contributed by atoms with E-state index in [0.29, 0.717) is 17.4 Å². The molecule has 0 bridgehead atoms. The highest BCUT2D eigenvalue weighted by atomic mass is 35.5. The second kappa shape index (κ2) is 7.58. The molecule has 0 saturated carbocycles. The first kappa shape index (κ1) is 14.4. The minimum atomic E-state index is 0.00880. The number of carbonyl (C=O) groups excluding carboxylic acids is 1. The summed E-state index contributed by atoms with van der Waals surface area (Å²) >= 11 is 7.26. The largest absolute Gasteiger partial charge is 0.383 e. The Morgan fingerprint density at radius 2 is 2.12 bits per heavy atom. The maximum Gasteiger partial charge on any atom is 0.230 e. The first-order valence-electron chi connectivity index (χ1n) is 5.28. The minimum Gasteiger partial charge on any atom is -0.383 e. The van der Waals surface area contributed by atoms with Gasteiger partial charge in [0.2, 0.25) is 5.91 Å². The zero-order valence-corrected chi connectivity index (χ0v) is 11.5. The molecule has 1 rings (SSSR count). The van der Waals surface area contributed by atoms with E-state index in [1.165, 1.54) is 11.8 Å². The number of methoxy groups -OCH3 is 1. The topological polar surface area (TPSA) is 38.3 Å². The van der Waals surface area contributed by atoms with E-state index in [-0.39, 0.29) is 11.9 Å². The summed E-state index contributed by atoms with van der Waals surface area (Å²) in [6.07, 6.45) is 0. The average Bonchev–Trinajstić information content (AvgIpc) is 2.28. The van der Waals surface area contributed by atoms with Crippen LogP contribution in [0.5, 0.6) is 0 Å². The first-order valence-corrected chi connectivity index (χ1v) is 6.65. The SMILES string of the molecule is COC[C@H](C)NC(=O)CSc1ccc(Cl)cc1. The third-order valence-electron chi connectivity index (χ3n) is 2.01. The number of ether oxygens (including phenoxy) is 1. The van der Waals surface area contributed by atoms with Gasteiger partial charge in [-0.2, -0.15) is 0 Å². The Labute approximate surface area is 111 Å². The molecule has 0 spiro atoms. The highest BCUT2D eigenvalue weighted by Gasteiger charge is 2.07. The normalized spacial score (nSPS) is 12.2. The lowest BCUT2D eigenvalue weighted by molar-refractivity contribution is -0.119. The second-order valence-corrected chi connectivity index (χ2v) is 5.15. The van der Waals surface area contributed by atoms with Gasteiger partial charge in [-0.05, 0) is 31.2 Å². The molecule has 0 radical (unpaired) electrons. The lowest BCUT2D eigenvalue weighted by Gasteiger charge is -2.12. The number of rotatable bonds is 6. The molecule has 0 aliphatic carbocycles. The van der Waals surface area contributed by atoms with E-state index in [1.807, 2.05) is 31.2 Å². The van der Waals surface area contributed by atoms with Gasteiger partial charge >= 0.3 is 0 Å². The summed E-state index contributed by atoms with van der Waals surface area (Å²) in [6.45, 7) is 2.44. The van der Waals surface area contributed by atoms with E-state index in [4.69, 9.17) is 16.3 Å². The van der Waals surface area contributed by atoms with E-state index in [0.717, 1.165) is 4.90 Å². The van der Waals surface area contributed by atoms with E-state index in [2.05, 4.69) is 5.32 Å². The lowest BCUT2D eigenvalue weighted by Crippen LogP contribution is -2.36. The highest BCUT2D eigenvalue weighted by molar-refractivity contribution is 8.00. The molecule has 0 aliphatic rings. The Morgan fingerprint density at radius 1 is 1.47 bits per heavy atom. The predicted octanol–water partition coefficient (Wildman–Crippen LogP) is 2.58. The Bertz CT molecular complexity index is 356. The number of benzene rings is 1. The summed E-state index contributed by atoms with van der Waals surface area (Å²) in [5.41, 5.74) is 0. The summed E-state index contributed by atoms with van der Waals surface area (Å²) in [5.74, 6) is 0.407. The molecule has 0 heterocycles. The van der Waals surface area contributed by atoms with Gasteiger partial charge in [0.15, 0.2) is 0 Å². The average molecular weight is 274 g/mol. The molecule has 0 saturated heterocycles. The van der Waals surface area contributed by atoms with Crippen molar-refractivity contribution in [3.05, 3.63) is 29.3 Å². The van der Waals surface area contributed by atoms with Crippen LogP contribution in [0.3, 0.4) is 0 Å². The number of nitrogens with one attached hydrogen (secondary N) is 1. The molecule has 0 aromatic heterocycles. The second-order valence-electron chi connectivity index (χ2n) is 3.67. The van der Waals surface area contributed by atoms with Gasteiger partial charge in [0, 0.05) is 23.1 Å². The van der Waals surface area contributed by atoms with E-state index >= 15 is 0 Å². The molecule has 1 atom stereocenters. The minimum absolute atomic E-state index is 0.00880. The standard InChI is InChI=1S/C12H16ClNO2S/c1-9(7-16-2)14-12(15)8-17-11-5-3-10(13)4-6-11/h3-6,9H,7-8H2,1-2H3,(H,14,15)/t9-/m0/s1. The van der Waals surface area contributed by atoms with Gasteiger partial charge in [-0.25, -0.2) is 0 Å². The van der Waals surface area contributed by atoms with Crippen molar-refractivity contribution in [2.45, 2.75) is 17.9 Å². The lowest BCUT2D eigenvalue weighted by atomic mass is 10.3. The molecule has 5 heteroatoms.